The first-order valence-electron chi connectivity index (χ1n) is 23.1. The topological polar surface area (TPSA) is 121 Å². The van der Waals surface area contributed by atoms with Gasteiger partial charge in [0.25, 0.3) is 0 Å². The Labute approximate surface area is 387 Å². The van der Waals surface area contributed by atoms with Gasteiger partial charge in [0.05, 0.1) is 0 Å². The number of aromatic hydroxyl groups is 6. The highest BCUT2D eigenvalue weighted by atomic mass is 16.3. The maximum atomic E-state index is 12.1. The van der Waals surface area contributed by atoms with Crippen LogP contribution in [0.25, 0.3) is 0 Å². The molecule has 0 spiro atoms. The van der Waals surface area contributed by atoms with Crippen LogP contribution < -0.4 is 0 Å². The van der Waals surface area contributed by atoms with Gasteiger partial charge >= 0.3 is 0 Å². The zero-order chi connectivity index (χ0) is 46.2. The fourth-order valence-electron chi connectivity index (χ4n) is 10.1. The number of fused-ring (bicyclic) bond motifs is 8. The molecule has 0 aliphatic heterocycles. The molecule has 0 heterocycles. The van der Waals surface area contributed by atoms with Crippen LogP contribution in [0.4, 0.5) is 0 Å². The van der Waals surface area contributed by atoms with Gasteiger partial charge in [-0.05, 0) is 99.5 Å². The molecule has 8 aromatic rings. The molecule has 66 heavy (non-hydrogen) atoms. The van der Waals surface area contributed by atoms with Crippen molar-refractivity contribution in [3.05, 3.63) is 247 Å². The van der Waals surface area contributed by atoms with Crippen LogP contribution in [0.5, 0.6) is 34.5 Å². The lowest BCUT2D eigenvalue weighted by Crippen LogP contribution is -2.12. The smallest absolute Gasteiger partial charge is 0.123 e. The summed E-state index contributed by atoms with van der Waals surface area (Å²) >= 11 is 0. The fourth-order valence-corrected chi connectivity index (χ4v) is 10.1. The number of rotatable bonds is 8. The summed E-state index contributed by atoms with van der Waals surface area (Å²) in [6.07, 6.45) is 3.33. The van der Waals surface area contributed by atoms with E-state index in [1.165, 1.54) is 29.3 Å². The molecule has 8 bridgehead atoms. The molecule has 9 rings (SSSR count). The molecular weight excluding hydrogens is 817 g/mol. The molecule has 0 radical (unpaired) electrons. The van der Waals surface area contributed by atoms with Crippen molar-refractivity contribution in [1.82, 2.24) is 0 Å². The highest BCUT2D eigenvalue weighted by Crippen LogP contribution is 2.52. The minimum absolute atomic E-state index is 0.0915. The molecule has 0 amide bonds. The average molecular weight is 873 g/mol. The third-order valence-electron chi connectivity index (χ3n) is 13.9. The molecule has 1 aliphatic carbocycles. The number of benzene rings is 8. The lowest BCUT2D eigenvalue weighted by atomic mass is 9.75. The highest BCUT2D eigenvalue weighted by molar-refractivity contribution is 5.65. The van der Waals surface area contributed by atoms with E-state index >= 15 is 0 Å². The number of aryl methyl sites for hydroxylation is 4. The molecule has 2 unspecified atom stereocenters. The lowest BCUT2D eigenvalue weighted by Gasteiger charge is -2.29. The maximum absolute atomic E-state index is 12.1. The monoisotopic (exact) mass is 872 g/mol. The van der Waals surface area contributed by atoms with E-state index in [9.17, 15) is 30.6 Å². The summed E-state index contributed by atoms with van der Waals surface area (Å²) in [5.74, 6) is -3.53. The first-order valence-corrected chi connectivity index (χ1v) is 23.1. The molecule has 8 aromatic carbocycles. The van der Waals surface area contributed by atoms with Gasteiger partial charge in [-0.1, -0.05) is 149 Å². The van der Waals surface area contributed by atoms with E-state index in [2.05, 4.69) is 82.3 Å². The second kappa shape index (κ2) is 18.2. The molecule has 0 saturated heterocycles. The van der Waals surface area contributed by atoms with Gasteiger partial charge < -0.3 is 30.6 Å². The third kappa shape index (κ3) is 8.13. The lowest BCUT2D eigenvalue weighted by molar-refractivity contribution is 0.433. The van der Waals surface area contributed by atoms with Gasteiger partial charge in [-0.15, -0.1) is 0 Å². The van der Waals surface area contributed by atoms with E-state index in [4.69, 9.17) is 0 Å². The molecule has 1 aliphatic rings. The number of phenolic OH excluding ortho intramolecular Hbond substituents is 6. The van der Waals surface area contributed by atoms with E-state index in [0.29, 0.717) is 33.4 Å². The summed E-state index contributed by atoms with van der Waals surface area (Å²) in [4.78, 5) is 0. The molecule has 4 atom stereocenters. The predicted octanol–water partition coefficient (Wildman–Crippen LogP) is 13.2. The number of hydrogen-bond acceptors (Lipinski definition) is 6. The van der Waals surface area contributed by atoms with Gasteiger partial charge in [-0.3, -0.25) is 0 Å². The van der Waals surface area contributed by atoms with Gasteiger partial charge in [0.1, 0.15) is 34.5 Å². The molecule has 0 saturated carbocycles. The zero-order valence-corrected chi connectivity index (χ0v) is 37.8. The van der Waals surface area contributed by atoms with Crippen molar-refractivity contribution in [2.45, 2.75) is 77.0 Å². The van der Waals surface area contributed by atoms with Crippen molar-refractivity contribution in [2.75, 3.05) is 0 Å². The molecule has 6 N–H and O–H groups in total. The Morgan fingerprint density at radius 3 is 0.727 bits per heavy atom. The molecule has 0 fully saturated rings. The van der Waals surface area contributed by atoms with Gasteiger partial charge in [-0.25, -0.2) is 0 Å². The standard InChI is InChI=1S/C60H56O6/c1-5-35-12-20-39(21-13-35)57-43-10-9-11-44(28-43)58(40-22-14-36(6-2)15-23-40)46-30-48(54(64)33-52(46)62)60(42-26-18-38(8-4)19-27-42)50-31-49(55(65)34-56(50)66)59(41-24-16-37(7-3)17-25-41)47-29-45(57)51(61)32-53(47)63/h9-34,57-66H,5-8H2,1-4H3/t57-,58?,59-,60?/m1/s1. The maximum Gasteiger partial charge on any atom is 0.123 e. The Kier molecular flexibility index (Phi) is 12.1. The van der Waals surface area contributed by atoms with E-state index in [0.717, 1.165) is 70.2 Å². The van der Waals surface area contributed by atoms with E-state index in [1.807, 2.05) is 78.9 Å². The summed E-state index contributed by atoms with van der Waals surface area (Å²) in [6.45, 7) is 8.39. The Morgan fingerprint density at radius 2 is 0.485 bits per heavy atom. The predicted molar refractivity (Wildman–Crippen MR) is 263 cm³/mol. The normalized spacial score (nSPS) is 16.8. The molecular formula is C60H56O6. The summed E-state index contributed by atoms with van der Waals surface area (Å²) in [5, 5.41) is 72.6. The molecule has 0 aromatic heterocycles. The van der Waals surface area contributed by atoms with Crippen molar-refractivity contribution in [1.29, 1.82) is 0 Å². The van der Waals surface area contributed by atoms with Crippen LogP contribution in [0.2, 0.25) is 0 Å². The quantitative estimate of drug-likeness (QED) is 0.0904. The Balaban J connectivity index is 1.43. The second-order valence-electron chi connectivity index (χ2n) is 17.7. The summed E-state index contributed by atoms with van der Waals surface area (Å²) < 4.78 is 0. The zero-order valence-electron chi connectivity index (χ0n) is 37.8. The SMILES string of the molecule is CCc1ccc(C2c3cccc(c3)[C@@H](c3ccc(CC)cc3)c3cc(c(O)cc3O)[C@@H](c3ccc(CC)cc3)c3cc(c(O)cc3O)C(c3ccc(CC)cc3)c3cc2c(O)cc3O)cc1. The highest BCUT2D eigenvalue weighted by Gasteiger charge is 2.33. The molecule has 332 valence electrons. The van der Waals surface area contributed by atoms with Gasteiger partial charge in [0.2, 0.25) is 0 Å². The molecule has 6 heteroatoms. The minimum atomic E-state index is -0.792. The van der Waals surface area contributed by atoms with Crippen molar-refractivity contribution < 1.29 is 30.6 Å². The van der Waals surface area contributed by atoms with E-state index < -0.39 is 23.7 Å². The van der Waals surface area contributed by atoms with Gasteiger partial charge in [-0.2, -0.15) is 0 Å². The van der Waals surface area contributed by atoms with Crippen molar-refractivity contribution in [3.63, 3.8) is 0 Å². The Bertz CT molecular complexity index is 2820. The average Bonchev–Trinajstić information content (AvgIpc) is 3.33. The fraction of sp³-hybridized carbons (Fsp3) is 0.200. The first kappa shape index (κ1) is 43.8. The number of hydrogen-bond donors (Lipinski definition) is 6. The second-order valence-corrected chi connectivity index (χ2v) is 17.7. The summed E-state index contributed by atoms with van der Waals surface area (Å²) in [6, 6.07) is 50.7. The van der Waals surface area contributed by atoms with Gasteiger partial charge in [0, 0.05) is 75.3 Å². The first-order chi connectivity index (χ1) is 32.0. The van der Waals surface area contributed by atoms with E-state index in [1.54, 1.807) is 6.07 Å². The summed E-state index contributed by atoms with van der Waals surface area (Å²) in [5.41, 5.74) is 12.5. The van der Waals surface area contributed by atoms with Crippen LogP contribution in [0.1, 0.15) is 140 Å². The Morgan fingerprint density at radius 1 is 0.258 bits per heavy atom. The van der Waals surface area contributed by atoms with Crippen LogP contribution in [-0.2, 0) is 25.7 Å². The van der Waals surface area contributed by atoms with Gasteiger partial charge in [0.15, 0.2) is 0 Å². The van der Waals surface area contributed by atoms with E-state index in [-0.39, 0.29) is 34.5 Å². The van der Waals surface area contributed by atoms with Crippen molar-refractivity contribution in [3.8, 4) is 34.5 Å². The van der Waals surface area contributed by atoms with Crippen LogP contribution in [0, 0.1) is 0 Å². The largest absolute Gasteiger partial charge is 0.507 e. The number of phenols is 6. The third-order valence-corrected chi connectivity index (χ3v) is 13.9. The minimum Gasteiger partial charge on any atom is -0.507 e. The molecule has 6 nitrogen and oxygen atoms in total. The van der Waals surface area contributed by atoms with Crippen LogP contribution in [-0.4, -0.2) is 30.6 Å². The Hall–Kier alpha value is -7.44. The van der Waals surface area contributed by atoms with Crippen LogP contribution in [0.3, 0.4) is 0 Å². The van der Waals surface area contributed by atoms with Crippen LogP contribution in [0.15, 0.2) is 158 Å². The van der Waals surface area contributed by atoms with Crippen molar-refractivity contribution in [2.24, 2.45) is 0 Å². The summed E-state index contributed by atoms with van der Waals surface area (Å²) in [7, 11) is 0. The van der Waals surface area contributed by atoms with Crippen molar-refractivity contribution >= 4 is 0 Å². The van der Waals surface area contributed by atoms with Crippen LogP contribution >= 0.6 is 0 Å².